The molecule has 0 spiro atoms. The minimum atomic E-state index is 1.02. The van der Waals surface area contributed by atoms with E-state index in [1.165, 1.54) is 32.1 Å². The first kappa shape index (κ1) is 31.2. The van der Waals surface area contributed by atoms with Crippen molar-refractivity contribution in [3.8, 4) is 0 Å². The summed E-state index contributed by atoms with van der Waals surface area (Å²) < 4.78 is 0. The molecule has 0 heterocycles. The van der Waals surface area contributed by atoms with Crippen molar-refractivity contribution < 1.29 is 0 Å². The van der Waals surface area contributed by atoms with Crippen LogP contribution in [0.5, 0.6) is 0 Å². The van der Waals surface area contributed by atoms with E-state index in [9.17, 15) is 0 Å². The monoisotopic (exact) mass is 410 g/mol. The van der Waals surface area contributed by atoms with Crippen LogP contribution < -0.4 is 0 Å². The van der Waals surface area contributed by atoms with Crippen molar-refractivity contribution in [1.82, 2.24) is 0 Å². The molecule has 0 saturated heterocycles. The van der Waals surface area contributed by atoms with Gasteiger partial charge in [0.15, 0.2) is 0 Å². The SMILES string of the molecule is CC.CC.CC.CC.CC1CCC(C2CCCC(C3CCCCC3C)CC2)CC1. The van der Waals surface area contributed by atoms with Gasteiger partial charge in [0.1, 0.15) is 0 Å². The molecule has 0 radical (unpaired) electrons. The van der Waals surface area contributed by atoms with Crippen LogP contribution in [-0.4, -0.2) is 0 Å². The van der Waals surface area contributed by atoms with Crippen molar-refractivity contribution in [3.05, 3.63) is 0 Å². The van der Waals surface area contributed by atoms with Crippen molar-refractivity contribution in [3.63, 3.8) is 0 Å². The second-order valence-electron chi connectivity index (χ2n) is 8.97. The molecule has 178 valence electrons. The third-order valence-corrected chi connectivity index (χ3v) is 7.57. The van der Waals surface area contributed by atoms with E-state index in [4.69, 9.17) is 0 Å². The molecule has 0 aromatic carbocycles. The Morgan fingerprint density at radius 1 is 0.379 bits per heavy atom. The van der Waals surface area contributed by atoms with Crippen LogP contribution in [-0.2, 0) is 0 Å². The molecule has 3 aliphatic rings. The lowest BCUT2D eigenvalue weighted by Gasteiger charge is -2.35. The summed E-state index contributed by atoms with van der Waals surface area (Å²) in [6.45, 7) is 21.0. The van der Waals surface area contributed by atoms with Gasteiger partial charge in [-0.15, -0.1) is 0 Å². The molecule has 0 aromatic heterocycles. The third-order valence-electron chi connectivity index (χ3n) is 7.57. The van der Waals surface area contributed by atoms with Crippen molar-refractivity contribution in [2.75, 3.05) is 0 Å². The van der Waals surface area contributed by atoms with E-state index in [0.29, 0.717) is 0 Å². The second kappa shape index (κ2) is 21.2. The Morgan fingerprint density at radius 2 is 0.793 bits per heavy atom. The van der Waals surface area contributed by atoms with Crippen LogP contribution in [0.4, 0.5) is 0 Å². The van der Waals surface area contributed by atoms with Gasteiger partial charge in [-0.25, -0.2) is 0 Å². The number of hydrogen-bond acceptors (Lipinski definition) is 0. The van der Waals surface area contributed by atoms with Crippen LogP contribution in [0.3, 0.4) is 0 Å². The highest BCUT2D eigenvalue weighted by Crippen LogP contribution is 2.45. The highest BCUT2D eigenvalue weighted by Gasteiger charge is 2.33. The number of hydrogen-bond donors (Lipinski definition) is 0. The van der Waals surface area contributed by atoms with Gasteiger partial charge >= 0.3 is 0 Å². The first-order valence-electron chi connectivity index (χ1n) is 14.2. The van der Waals surface area contributed by atoms with Gasteiger partial charge in [-0.2, -0.15) is 0 Å². The van der Waals surface area contributed by atoms with E-state index in [1.54, 1.807) is 51.4 Å². The van der Waals surface area contributed by atoms with Gasteiger partial charge in [0.25, 0.3) is 0 Å². The fraction of sp³-hybridized carbons (Fsp3) is 1.00. The highest BCUT2D eigenvalue weighted by atomic mass is 14.4. The fourth-order valence-electron chi connectivity index (χ4n) is 6.06. The number of rotatable bonds is 2. The molecule has 29 heavy (non-hydrogen) atoms. The third kappa shape index (κ3) is 11.8. The van der Waals surface area contributed by atoms with Crippen LogP contribution in [0.2, 0.25) is 0 Å². The van der Waals surface area contributed by atoms with Crippen LogP contribution >= 0.6 is 0 Å². The average Bonchev–Trinajstić information content (AvgIpc) is 3.06. The standard InChI is InChI=1S/C21H38.4C2H6/c1-16-10-12-19(13-11-16)18-7-5-8-20(15-14-18)21-9-4-3-6-17(21)2;4*1-2/h16-21H,3-15H2,1-2H3;4*1-2H3. The average molecular weight is 411 g/mol. The molecule has 3 fully saturated rings. The highest BCUT2D eigenvalue weighted by molar-refractivity contribution is 4.84. The smallest absolute Gasteiger partial charge is 0.0360 e. The molecule has 0 amide bonds. The van der Waals surface area contributed by atoms with E-state index >= 15 is 0 Å². The molecule has 0 nitrogen and oxygen atoms in total. The van der Waals surface area contributed by atoms with Gasteiger partial charge < -0.3 is 0 Å². The molecular weight excluding hydrogens is 348 g/mol. The lowest BCUT2D eigenvalue weighted by molar-refractivity contribution is 0.153. The molecule has 0 heteroatoms. The minimum absolute atomic E-state index is 1.02. The maximum Gasteiger partial charge on any atom is -0.0360 e. The normalized spacial score (nSPS) is 34.1. The van der Waals surface area contributed by atoms with Crippen molar-refractivity contribution >= 4 is 0 Å². The van der Waals surface area contributed by atoms with E-state index in [-0.39, 0.29) is 0 Å². The Bertz CT molecular complexity index is 299. The summed E-state index contributed by atoms with van der Waals surface area (Å²) in [5.74, 6) is 6.42. The lowest BCUT2D eigenvalue weighted by atomic mass is 9.70. The topological polar surface area (TPSA) is 0 Å². The molecule has 0 N–H and O–H groups in total. The summed E-state index contributed by atoms with van der Waals surface area (Å²) in [5.41, 5.74) is 0. The molecule has 3 aliphatic carbocycles. The molecule has 4 unspecified atom stereocenters. The van der Waals surface area contributed by atoms with Gasteiger partial charge in [0.05, 0.1) is 0 Å². The molecule has 3 rings (SSSR count). The zero-order valence-corrected chi connectivity index (χ0v) is 22.7. The molecule has 3 saturated carbocycles. The Morgan fingerprint density at radius 3 is 1.34 bits per heavy atom. The van der Waals surface area contributed by atoms with Crippen molar-refractivity contribution in [2.24, 2.45) is 35.5 Å². The predicted molar refractivity (Wildman–Crippen MR) is 138 cm³/mol. The van der Waals surface area contributed by atoms with E-state index in [2.05, 4.69) is 13.8 Å². The van der Waals surface area contributed by atoms with Crippen LogP contribution in [0.25, 0.3) is 0 Å². The molecule has 0 aliphatic heterocycles. The minimum Gasteiger partial charge on any atom is -0.0683 e. The zero-order valence-electron chi connectivity index (χ0n) is 22.7. The first-order valence-corrected chi connectivity index (χ1v) is 14.2. The summed E-state index contributed by atoms with van der Waals surface area (Å²) in [5, 5.41) is 0. The second-order valence-corrected chi connectivity index (χ2v) is 8.97. The van der Waals surface area contributed by atoms with E-state index in [0.717, 1.165) is 35.5 Å². The Labute approximate surface area is 188 Å². The van der Waals surface area contributed by atoms with Crippen LogP contribution in [0.1, 0.15) is 153 Å². The molecule has 0 aromatic rings. The van der Waals surface area contributed by atoms with Gasteiger partial charge in [-0.1, -0.05) is 121 Å². The first-order chi connectivity index (χ1) is 14.2. The van der Waals surface area contributed by atoms with Crippen molar-refractivity contribution in [2.45, 2.75) is 153 Å². The Balaban J connectivity index is 0. The van der Waals surface area contributed by atoms with Gasteiger partial charge in [0, 0.05) is 0 Å². The quantitative estimate of drug-likeness (QED) is 0.397. The summed E-state index contributed by atoms with van der Waals surface area (Å²) in [6.07, 6.45) is 20.1. The summed E-state index contributed by atoms with van der Waals surface area (Å²) in [6, 6.07) is 0. The predicted octanol–water partition coefficient (Wildman–Crippen LogP) is 10.9. The van der Waals surface area contributed by atoms with Crippen LogP contribution in [0.15, 0.2) is 0 Å². The molecular formula is C29H62. The Hall–Kier alpha value is 0. The van der Waals surface area contributed by atoms with Gasteiger partial charge in [-0.3, -0.25) is 0 Å². The maximum atomic E-state index is 2.55. The summed E-state index contributed by atoms with van der Waals surface area (Å²) in [7, 11) is 0. The zero-order chi connectivity index (χ0) is 22.7. The Kier molecular flexibility index (Phi) is 22.8. The summed E-state index contributed by atoms with van der Waals surface area (Å²) in [4.78, 5) is 0. The van der Waals surface area contributed by atoms with Gasteiger partial charge in [0.2, 0.25) is 0 Å². The van der Waals surface area contributed by atoms with E-state index < -0.39 is 0 Å². The largest absolute Gasteiger partial charge is 0.0683 e. The molecule has 0 bridgehead atoms. The van der Waals surface area contributed by atoms with Gasteiger partial charge in [-0.05, 0) is 67.6 Å². The van der Waals surface area contributed by atoms with Crippen molar-refractivity contribution in [1.29, 1.82) is 0 Å². The lowest BCUT2D eigenvalue weighted by Crippen LogP contribution is -2.25. The van der Waals surface area contributed by atoms with E-state index in [1.807, 2.05) is 55.4 Å². The fourth-order valence-corrected chi connectivity index (χ4v) is 6.06. The summed E-state index contributed by atoms with van der Waals surface area (Å²) >= 11 is 0. The maximum absolute atomic E-state index is 2.55. The molecule has 4 atom stereocenters. The van der Waals surface area contributed by atoms with Crippen LogP contribution in [0, 0.1) is 35.5 Å².